The second-order valence-corrected chi connectivity index (χ2v) is 11.3. The molecular weight excluding hydrogens is 447 g/mol. The molecule has 1 heterocycles. The molecule has 10 nitrogen and oxygen atoms in total. The van der Waals surface area contributed by atoms with Crippen molar-refractivity contribution in [3.8, 4) is 0 Å². The van der Waals surface area contributed by atoms with Crippen LogP contribution in [0, 0.1) is 11.3 Å². The zero-order valence-electron chi connectivity index (χ0n) is 20.0. The van der Waals surface area contributed by atoms with Gasteiger partial charge in [-0.25, -0.2) is 4.39 Å². The molecule has 0 radical (unpaired) electrons. The van der Waals surface area contributed by atoms with E-state index in [9.17, 15) is 33.5 Å². The lowest BCUT2D eigenvalue weighted by molar-refractivity contribution is -0.177. The van der Waals surface area contributed by atoms with Gasteiger partial charge in [0.05, 0.1) is 6.04 Å². The third-order valence-electron chi connectivity index (χ3n) is 6.77. The van der Waals surface area contributed by atoms with Gasteiger partial charge in [-0.2, -0.15) is 0 Å². The first-order valence-electron chi connectivity index (χ1n) is 11.8. The number of rotatable bonds is 9. The van der Waals surface area contributed by atoms with E-state index in [1.165, 1.54) is 0 Å². The summed E-state index contributed by atoms with van der Waals surface area (Å²) in [5.74, 6) is -3.98. The van der Waals surface area contributed by atoms with Crippen molar-refractivity contribution in [2.75, 3.05) is 13.2 Å². The van der Waals surface area contributed by atoms with Crippen molar-refractivity contribution in [3.63, 3.8) is 0 Å². The van der Waals surface area contributed by atoms with E-state index in [-0.39, 0.29) is 38.0 Å². The second-order valence-electron chi connectivity index (χ2n) is 11.3. The lowest BCUT2D eigenvalue weighted by atomic mass is 9.47. The maximum Gasteiger partial charge on any atom is 0.309 e. The van der Waals surface area contributed by atoms with Gasteiger partial charge in [-0.15, -0.1) is 0 Å². The van der Waals surface area contributed by atoms with E-state index in [0.717, 1.165) is 6.42 Å². The fourth-order valence-electron chi connectivity index (χ4n) is 5.14. The van der Waals surface area contributed by atoms with Gasteiger partial charge in [-0.1, -0.05) is 20.8 Å². The number of alkyl halides is 1. The number of hydrogen-bond acceptors (Lipinski definition) is 6. The highest BCUT2D eigenvalue weighted by molar-refractivity contribution is 6.35. The number of carbonyl (C=O) groups excluding carboxylic acids is 5. The highest BCUT2D eigenvalue weighted by Crippen LogP contribution is 2.62. The minimum Gasteiger partial charge on any atom is -0.389 e. The minimum absolute atomic E-state index is 0.0289. The third kappa shape index (κ3) is 6.11. The van der Waals surface area contributed by atoms with Crippen LogP contribution in [-0.2, 0) is 24.0 Å². The number of ketones is 1. The summed E-state index contributed by atoms with van der Waals surface area (Å²) in [4.78, 5) is 62.4. The Morgan fingerprint density at radius 1 is 1.12 bits per heavy atom. The van der Waals surface area contributed by atoms with Crippen LogP contribution in [0.4, 0.5) is 4.39 Å². The minimum atomic E-state index is -1.23. The van der Waals surface area contributed by atoms with Gasteiger partial charge in [-0.3, -0.25) is 24.0 Å². The largest absolute Gasteiger partial charge is 0.389 e. The van der Waals surface area contributed by atoms with Gasteiger partial charge in [-0.05, 0) is 31.1 Å². The number of aliphatic hydroxyl groups is 1. The van der Waals surface area contributed by atoms with Gasteiger partial charge in [0.1, 0.15) is 18.3 Å². The van der Waals surface area contributed by atoms with Crippen LogP contribution < -0.4 is 21.3 Å². The fraction of sp³-hybridized carbons (Fsp3) is 0.783. The van der Waals surface area contributed by atoms with Gasteiger partial charge in [0, 0.05) is 37.3 Å². The molecule has 5 N–H and O–H groups in total. The van der Waals surface area contributed by atoms with Crippen molar-refractivity contribution in [2.45, 2.75) is 89.0 Å². The predicted octanol–water partition coefficient (Wildman–Crippen LogP) is -0.369. The van der Waals surface area contributed by atoms with Crippen molar-refractivity contribution in [1.82, 2.24) is 21.3 Å². The second kappa shape index (κ2) is 9.59. The third-order valence-corrected chi connectivity index (χ3v) is 6.77. The van der Waals surface area contributed by atoms with Gasteiger partial charge in [0.25, 0.3) is 0 Å². The van der Waals surface area contributed by atoms with E-state index in [4.69, 9.17) is 0 Å². The molecule has 4 amide bonds. The summed E-state index contributed by atoms with van der Waals surface area (Å²) < 4.78 is 13.7. The molecule has 3 aliphatic carbocycles. The molecular formula is C23H35FN4O6. The molecule has 34 heavy (non-hydrogen) atoms. The molecule has 190 valence electrons. The molecule has 3 saturated carbocycles. The van der Waals surface area contributed by atoms with Gasteiger partial charge >= 0.3 is 11.8 Å². The van der Waals surface area contributed by atoms with E-state index in [2.05, 4.69) is 21.3 Å². The molecule has 4 fully saturated rings. The average Bonchev–Trinajstić information content (AvgIpc) is 2.70. The molecule has 11 heteroatoms. The Morgan fingerprint density at radius 3 is 2.29 bits per heavy atom. The monoisotopic (exact) mass is 482 g/mol. The number of carbonyl (C=O) groups is 5. The number of halogens is 1. The molecule has 0 spiro atoms. The van der Waals surface area contributed by atoms with Crippen molar-refractivity contribution < 1.29 is 33.5 Å². The molecule has 4 aliphatic rings. The van der Waals surface area contributed by atoms with Crippen molar-refractivity contribution in [3.05, 3.63) is 0 Å². The number of Topliss-reactive ketones (excluding diaryl/α,β-unsaturated/α-hetero) is 1. The first kappa shape index (κ1) is 26.1. The van der Waals surface area contributed by atoms with Gasteiger partial charge in [0.2, 0.25) is 11.8 Å². The Kier molecular flexibility index (Phi) is 7.35. The highest BCUT2D eigenvalue weighted by atomic mass is 19.1. The summed E-state index contributed by atoms with van der Waals surface area (Å²) in [6.45, 7) is 5.30. The van der Waals surface area contributed by atoms with Crippen LogP contribution in [0.15, 0.2) is 0 Å². The summed E-state index contributed by atoms with van der Waals surface area (Å²) in [6, 6.07) is -2.24. The summed E-state index contributed by atoms with van der Waals surface area (Å²) in [6.07, 6.45) is 2.05. The lowest BCUT2D eigenvalue weighted by Gasteiger charge is -2.65. The van der Waals surface area contributed by atoms with Crippen LogP contribution in [0.3, 0.4) is 0 Å². The van der Waals surface area contributed by atoms with Gasteiger partial charge in [0.15, 0.2) is 5.78 Å². The van der Waals surface area contributed by atoms with Crippen LogP contribution in [0.1, 0.15) is 65.7 Å². The smallest absolute Gasteiger partial charge is 0.309 e. The van der Waals surface area contributed by atoms with Crippen LogP contribution in [-0.4, -0.2) is 71.0 Å². The number of hydrogen-bond donors (Lipinski definition) is 5. The Balaban J connectivity index is 1.64. The topological polar surface area (TPSA) is 154 Å². The van der Waals surface area contributed by atoms with Crippen molar-refractivity contribution in [1.29, 1.82) is 0 Å². The summed E-state index contributed by atoms with van der Waals surface area (Å²) >= 11 is 0. The Bertz CT molecular complexity index is 850. The first-order chi connectivity index (χ1) is 15.7. The Labute approximate surface area is 198 Å². The zero-order valence-corrected chi connectivity index (χ0v) is 20.0. The first-order valence-corrected chi connectivity index (χ1v) is 11.8. The van der Waals surface area contributed by atoms with E-state index < -0.39 is 64.7 Å². The molecule has 2 bridgehead atoms. The predicted molar refractivity (Wildman–Crippen MR) is 119 cm³/mol. The standard InChI is InChI=1S/C23H35FN4O6/c1-21(2,3)8-15(27-19(33)20(34)28-23-10-22(24,11-23)12-23)18(32)26-14(16(30)9-29)7-13-5-4-6-25-17(13)31/h13-15,29H,4-12H2,1-3H3,(H,25,31)(H,26,32)(H,27,33)(H,28,34)/t13-,14-,15-,22?,23?/m0/s1. The maximum atomic E-state index is 13.7. The molecule has 0 aromatic rings. The highest BCUT2D eigenvalue weighted by Gasteiger charge is 2.70. The molecule has 1 aliphatic heterocycles. The Hall–Kier alpha value is -2.56. The van der Waals surface area contributed by atoms with Crippen LogP contribution in [0.25, 0.3) is 0 Å². The fourth-order valence-corrected chi connectivity index (χ4v) is 5.14. The van der Waals surface area contributed by atoms with E-state index in [1.54, 1.807) is 0 Å². The quantitative estimate of drug-likeness (QED) is 0.283. The van der Waals surface area contributed by atoms with Crippen molar-refractivity contribution >= 4 is 29.4 Å². The van der Waals surface area contributed by atoms with E-state index >= 15 is 0 Å². The van der Waals surface area contributed by atoms with Crippen LogP contribution >= 0.6 is 0 Å². The maximum absolute atomic E-state index is 13.7. The number of piperidine rings is 1. The van der Waals surface area contributed by atoms with Crippen molar-refractivity contribution in [2.24, 2.45) is 11.3 Å². The summed E-state index contributed by atoms with van der Waals surface area (Å²) in [5, 5.41) is 19.6. The van der Waals surface area contributed by atoms with Crippen LogP contribution in [0.5, 0.6) is 0 Å². The number of nitrogens with one attached hydrogen (secondary N) is 4. The lowest BCUT2D eigenvalue weighted by Crippen LogP contribution is -2.77. The Morgan fingerprint density at radius 2 is 1.76 bits per heavy atom. The molecule has 0 unspecified atom stereocenters. The molecule has 1 saturated heterocycles. The molecule has 0 aromatic heterocycles. The SMILES string of the molecule is CC(C)(C)C[C@H](NC(=O)C(=O)NC12CC(F)(C1)C2)C(=O)N[C@@H](C[C@@H]1CCCNC1=O)C(=O)CO. The average molecular weight is 483 g/mol. The zero-order chi connectivity index (χ0) is 25.3. The molecule has 3 atom stereocenters. The van der Waals surface area contributed by atoms with E-state index in [0.29, 0.717) is 13.0 Å². The summed E-state index contributed by atoms with van der Waals surface area (Å²) in [7, 11) is 0. The van der Waals surface area contributed by atoms with E-state index in [1.807, 2.05) is 20.8 Å². The summed E-state index contributed by atoms with van der Waals surface area (Å²) in [5.41, 5.74) is -2.33. The normalized spacial score (nSPS) is 29.4. The van der Waals surface area contributed by atoms with Gasteiger partial charge < -0.3 is 26.4 Å². The number of amides is 4. The van der Waals surface area contributed by atoms with Crippen LogP contribution in [0.2, 0.25) is 0 Å². The number of aliphatic hydroxyl groups excluding tert-OH is 1. The molecule has 4 rings (SSSR count). The molecule has 0 aromatic carbocycles.